The number of amides is 2. The van der Waals surface area contributed by atoms with Crippen molar-refractivity contribution in [3.05, 3.63) is 71.4 Å². The van der Waals surface area contributed by atoms with Crippen molar-refractivity contribution in [1.82, 2.24) is 15.5 Å². The zero-order valence-corrected chi connectivity index (χ0v) is 16.3. The minimum atomic E-state index is -0.562. The zero-order chi connectivity index (χ0) is 21.3. The third-order valence-electron chi connectivity index (χ3n) is 4.30. The summed E-state index contributed by atoms with van der Waals surface area (Å²) in [4.78, 5) is 16.8. The Balaban J connectivity index is 1.74. The summed E-state index contributed by atoms with van der Waals surface area (Å²) in [6, 6.07) is 15.0. The Labute approximate surface area is 173 Å². The normalized spacial score (nSPS) is 11.4. The maximum Gasteiger partial charge on any atom is 0.319 e. The lowest BCUT2D eigenvalue weighted by molar-refractivity contribution is 0.247. The lowest BCUT2D eigenvalue weighted by Gasteiger charge is -2.16. The topological polar surface area (TPSA) is 133 Å². The number of ether oxygens (including phenoxy) is 1. The van der Waals surface area contributed by atoms with Gasteiger partial charge < -0.3 is 25.0 Å². The number of aliphatic hydroxyl groups excluding tert-OH is 1. The number of hydrogen-bond acceptors (Lipinski definition) is 7. The van der Waals surface area contributed by atoms with Crippen LogP contribution < -0.4 is 15.4 Å². The van der Waals surface area contributed by atoms with Crippen molar-refractivity contribution in [1.29, 1.82) is 5.26 Å². The van der Waals surface area contributed by atoms with Crippen LogP contribution in [0, 0.1) is 11.3 Å². The van der Waals surface area contributed by atoms with Crippen LogP contribution in [0.25, 0.3) is 0 Å². The third-order valence-corrected chi connectivity index (χ3v) is 4.30. The van der Waals surface area contributed by atoms with Gasteiger partial charge in [0.05, 0.1) is 37.8 Å². The fraction of sp³-hybridized carbons (Fsp3) is 0.238. The van der Waals surface area contributed by atoms with Crippen LogP contribution in [0.5, 0.6) is 5.75 Å². The first kappa shape index (κ1) is 20.8. The van der Waals surface area contributed by atoms with Gasteiger partial charge >= 0.3 is 6.03 Å². The van der Waals surface area contributed by atoms with E-state index in [1.807, 2.05) is 30.3 Å². The standard InChI is InChI=1S/C21H21N5O4/c1-29-17-8-4-14(5-9-17)12-18(20-25-19(10-11-27)30-26-20)24-21(28)23-16-6-2-15(13-22)3-7-16/h2-9,18,27H,10-12H2,1H3,(H2,23,24,28)/t18-/m0/s1. The number of rotatable bonds is 8. The van der Waals surface area contributed by atoms with Gasteiger partial charge in [0.2, 0.25) is 5.89 Å². The average Bonchev–Trinajstić information content (AvgIpc) is 3.23. The van der Waals surface area contributed by atoms with Crippen molar-refractivity contribution in [3.8, 4) is 11.8 Å². The molecular weight excluding hydrogens is 386 g/mol. The smallest absolute Gasteiger partial charge is 0.319 e. The van der Waals surface area contributed by atoms with Crippen molar-refractivity contribution in [3.63, 3.8) is 0 Å². The first-order valence-electron chi connectivity index (χ1n) is 9.25. The molecular formula is C21H21N5O4. The molecule has 0 aliphatic carbocycles. The van der Waals surface area contributed by atoms with Crippen LogP contribution in [0.15, 0.2) is 53.1 Å². The van der Waals surface area contributed by atoms with Crippen molar-refractivity contribution < 1.29 is 19.2 Å². The van der Waals surface area contributed by atoms with E-state index >= 15 is 0 Å². The van der Waals surface area contributed by atoms with E-state index in [9.17, 15) is 4.79 Å². The summed E-state index contributed by atoms with van der Waals surface area (Å²) in [5, 5.41) is 27.5. The molecule has 0 saturated carbocycles. The number of benzene rings is 2. The van der Waals surface area contributed by atoms with Crippen LogP contribution >= 0.6 is 0 Å². The lowest BCUT2D eigenvalue weighted by Crippen LogP contribution is -2.34. The van der Waals surface area contributed by atoms with Gasteiger partial charge in [0.1, 0.15) is 5.75 Å². The van der Waals surface area contributed by atoms with E-state index in [4.69, 9.17) is 19.6 Å². The molecule has 0 unspecified atom stereocenters. The van der Waals surface area contributed by atoms with Crippen LogP contribution in [-0.2, 0) is 12.8 Å². The molecule has 0 fully saturated rings. The van der Waals surface area contributed by atoms with Gasteiger partial charge in [-0.1, -0.05) is 17.3 Å². The number of aliphatic hydroxyl groups is 1. The molecule has 3 aromatic rings. The molecule has 0 radical (unpaired) electrons. The van der Waals surface area contributed by atoms with Crippen molar-refractivity contribution in [2.75, 3.05) is 19.0 Å². The summed E-state index contributed by atoms with van der Waals surface area (Å²) >= 11 is 0. The van der Waals surface area contributed by atoms with E-state index in [0.29, 0.717) is 29.4 Å². The second-order valence-electron chi connectivity index (χ2n) is 6.41. The van der Waals surface area contributed by atoms with E-state index in [1.165, 1.54) is 0 Å². The summed E-state index contributed by atoms with van der Waals surface area (Å²) in [6.45, 7) is -0.114. The van der Waals surface area contributed by atoms with E-state index in [1.54, 1.807) is 31.4 Å². The highest BCUT2D eigenvalue weighted by molar-refractivity contribution is 5.89. The number of hydrogen-bond donors (Lipinski definition) is 3. The van der Waals surface area contributed by atoms with Gasteiger partial charge in [0.25, 0.3) is 0 Å². The van der Waals surface area contributed by atoms with Crippen LogP contribution in [0.1, 0.15) is 28.9 Å². The lowest BCUT2D eigenvalue weighted by atomic mass is 10.1. The van der Waals surface area contributed by atoms with Crippen molar-refractivity contribution in [2.24, 2.45) is 0 Å². The summed E-state index contributed by atoms with van der Waals surface area (Å²) in [5.41, 5.74) is 1.98. The van der Waals surface area contributed by atoms with E-state index in [-0.39, 0.29) is 13.0 Å². The molecule has 2 amide bonds. The quantitative estimate of drug-likeness (QED) is 0.522. The Morgan fingerprint density at radius 3 is 2.60 bits per heavy atom. The maximum atomic E-state index is 12.5. The first-order valence-corrected chi connectivity index (χ1v) is 9.25. The van der Waals surface area contributed by atoms with E-state index < -0.39 is 12.1 Å². The van der Waals surface area contributed by atoms with Gasteiger partial charge in [-0.05, 0) is 42.0 Å². The molecule has 0 aliphatic rings. The fourth-order valence-corrected chi connectivity index (χ4v) is 2.76. The van der Waals surface area contributed by atoms with Crippen LogP contribution in [-0.4, -0.2) is 35.0 Å². The highest BCUT2D eigenvalue weighted by atomic mass is 16.5. The minimum Gasteiger partial charge on any atom is -0.497 e. The maximum absolute atomic E-state index is 12.5. The number of nitrogens with one attached hydrogen (secondary N) is 2. The number of carbonyl (C=O) groups is 1. The van der Waals surface area contributed by atoms with Gasteiger partial charge in [-0.15, -0.1) is 0 Å². The van der Waals surface area contributed by atoms with Crippen LogP contribution in [0.3, 0.4) is 0 Å². The Hall–Kier alpha value is -3.90. The molecule has 1 aromatic heterocycles. The first-order chi connectivity index (χ1) is 14.6. The van der Waals surface area contributed by atoms with Crippen molar-refractivity contribution in [2.45, 2.75) is 18.9 Å². The molecule has 30 heavy (non-hydrogen) atoms. The molecule has 1 heterocycles. The van der Waals surface area contributed by atoms with Gasteiger partial charge in [-0.3, -0.25) is 0 Å². The van der Waals surface area contributed by atoms with Gasteiger partial charge in [0.15, 0.2) is 5.82 Å². The summed E-state index contributed by atoms with van der Waals surface area (Å²) in [6.07, 6.45) is 0.655. The predicted octanol–water partition coefficient (Wildman–Crippen LogP) is 2.59. The minimum absolute atomic E-state index is 0.114. The molecule has 3 N–H and O–H groups in total. The molecule has 154 valence electrons. The van der Waals surface area contributed by atoms with E-state index in [2.05, 4.69) is 20.8 Å². The monoisotopic (exact) mass is 407 g/mol. The Morgan fingerprint density at radius 1 is 1.23 bits per heavy atom. The second-order valence-corrected chi connectivity index (χ2v) is 6.41. The molecule has 2 aromatic carbocycles. The number of anilines is 1. The molecule has 0 bridgehead atoms. The van der Waals surface area contributed by atoms with Gasteiger partial charge in [-0.2, -0.15) is 10.2 Å². The Morgan fingerprint density at radius 2 is 1.97 bits per heavy atom. The van der Waals surface area contributed by atoms with Crippen LogP contribution in [0.4, 0.5) is 10.5 Å². The summed E-state index contributed by atoms with van der Waals surface area (Å²) in [5.74, 6) is 1.33. The van der Waals surface area contributed by atoms with E-state index in [0.717, 1.165) is 11.3 Å². The number of nitrogens with zero attached hydrogens (tertiary/aromatic N) is 3. The molecule has 1 atom stereocenters. The molecule has 3 rings (SSSR count). The number of aromatic nitrogens is 2. The van der Waals surface area contributed by atoms with Gasteiger partial charge in [-0.25, -0.2) is 4.79 Å². The van der Waals surface area contributed by atoms with Gasteiger partial charge in [0, 0.05) is 12.1 Å². The molecule has 0 aliphatic heterocycles. The molecule has 0 spiro atoms. The molecule has 9 nitrogen and oxygen atoms in total. The van der Waals surface area contributed by atoms with Crippen LogP contribution in [0.2, 0.25) is 0 Å². The SMILES string of the molecule is COc1ccc(C[C@H](NC(=O)Nc2ccc(C#N)cc2)c2noc(CCO)n2)cc1. The molecule has 9 heteroatoms. The predicted molar refractivity (Wildman–Crippen MR) is 108 cm³/mol. The highest BCUT2D eigenvalue weighted by Crippen LogP contribution is 2.19. The number of urea groups is 1. The summed E-state index contributed by atoms with van der Waals surface area (Å²) < 4.78 is 10.3. The van der Waals surface area contributed by atoms with Crippen molar-refractivity contribution >= 4 is 11.7 Å². The third kappa shape index (κ3) is 5.56. The second kappa shape index (κ2) is 10.0. The highest BCUT2D eigenvalue weighted by Gasteiger charge is 2.21. The Bertz CT molecular complexity index is 1010. The average molecular weight is 407 g/mol. The Kier molecular flexibility index (Phi) is 6.97. The number of carbonyl (C=O) groups excluding carboxylic acids is 1. The molecule has 0 saturated heterocycles. The fourth-order valence-electron chi connectivity index (χ4n) is 2.76. The number of methoxy groups -OCH3 is 1. The summed E-state index contributed by atoms with van der Waals surface area (Å²) in [7, 11) is 1.59. The zero-order valence-electron chi connectivity index (χ0n) is 16.3. The largest absolute Gasteiger partial charge is 0.497 e. The number of nitriles is 1.